The third-order valence-corrected chi connectivity index (χ3v) is 3.80. The molecular weight excluding hydrogens is 294 g/mol. The largest absolute Gasteiger partial charge is 0.391 e. The molecule has 1 aliphatic carbocycles. The van der Waals surface area contributed by atoms with Crippen LogP contribution in [0.25, 0.3) is 11.0 Å². The lowest BCUT2D eigenvalue weighted by molar-refractivity contribution is 0.172. The Morgan fingerprint density at radius 1 is 1.33 bits per heavy atom. The van der Waals surface area contributed by atoms with Gasteiger partial charge >= 0.3 is 0 Å². The Morgan fingerprint density at radius 2 is 2.22 bits per heavy atom. The summed E-state index contributed by atoms with van der Waals surface area (Å²) in [6, 6.07) is 3.98. The zero-order chi connectivity index (χ0) is 12.5. The topological polar surface area (TPSA) is 58.0 Å². The summed E-state index contributed by atoms with van der Waals surface area (Å²) in [5.74, 6) is 0. The van der Waals surface area contributed by atoms with E-state index in [4.69, 9.17) is 0 Å². The Morgan fingerprint density at radius 3 is 3.00 bits per heavy atom. The minimum atomic E-state index is -0.260. The molecule has 0 amide bonds. The maximum atomic E-state index is 9.86. The van der Waals surface area contributed by atoms with Crippen molar-refractivity contribution in [3.8, 4) is 0 Å². The average molecular weight is 308 g/mol. The van der Waals surface area contributed by atoms with E-state index in [9.17, 15) is 5.11 Å². The van der Waals surface area contributed by atoms with Crippen LogP contribution in [0.3, 0.4) is 0 Å². The molecule has 5 heteroatoms. The summed E-state index contributed by atoms with van der Waals surface area (Å²) in [5.41, 5.74) is 2.64. The highest BCUT2D eigenvalue weighted by atomic mass is 79.9. The molecule has 3 rings (SSSR count). The van der Waals surface area contributed by atoms with Crippen LogP contribution < -0.4 is 5.32 Å². The van der Waals surface area contributed by atoms with E-state index in [1.165, 1.54) is 0 Å². The Labute approximate surface area is 114 Å². The van der Waals surface area contributed by atoms with Crippen molar-refractivity contribution < 1.29 is 5.11 Å². The van der Waals surface area contributed by atoms with Crippen molar-refractivity contribution in [2.24, 2.45) is 0 Å². The summed E-state index contributed by atoms with van der Waals surface area (Å²) >= 11 is 3.39. The van der Waals surface area contributed by atoms with E-state index in [0.29, 0.717) is 0 Å². The van der Waals surface area contributed by atoms with Crippen LogP contribution in [0.15, 0.2) is 29.0 Å². The molecule has 0 bridgehead atoms. The number of aliphatic hydroxyl groups is 1. The van der Waals surface area contributed by atoms with Crippen LogP contribution in [0, 0.1) is 0 Å². The third kappa shape index (κ3) is 2.20. The Bertz CT molecular complexity index is 575. The molecule has 2 heterocycles. The number of halogens is 1. The molecule has 0 aliphatic heterocycles. The SMILES string of the molecule is O[C@@H]1CCC[C@H]1Nc1ccnc2cc(Br)cnc12. The molecule has 4 nitrogen and oxygen atoms in total. The van der Waals surface area contributed by atoms with Gasteiger partial charge in [-0.25, -0.2) is 0 Å². The predicted molar refractivity (Wildman–Crippen MR) is 74.5 cm³/mol. The molecule has 0 unspecified atom stereocenters. The third-order valence-electron chi connectivity index (χ3n) is 3.36. The number of hydrogen-bond donors (Lipinski definition) is 2. The lowest BCUT2D eigenvalue weighted by atomic mass is 10.2. The second-order valence-electron chi connectivity index (χ2n) is 4.63. The fourth-order valence-corrected chi connectivity index (χ4v) is 2.75. The maximum Gasteiger partial charge on any atom is 0.112 e. The highest BCUT2D eigenvalue weighted by molar-refractivity contribution is 9.10. The molecule has 1 fully saturated rings. The second-order valence-corrected chi connectivity index (χ2v) is 5.54. The molecule has 2 atom stereocenters. The minimum absolute atomic E-state index is 0.126. The monoisotopic (exact) mass is 307 g/mol. The van der Waals surface area contributed by atoms with Crippen LogP contribution in [0.5, 0.6) is 0 Å². The number of pyridine rings is 2. The van der Waals surface area contributed by atoms with E-state index < -0.39 is 0 Å². The van der Waals surface area contributed by atoms with Crippen LogP contribution in [0.2, 0.25) is 0 Å². The van der Waals surface area contributed by atoms with Crippen molar-refractivity contribution in [1.29, 1.82) is 0 Å². The number of fused-ring (bicyclic) bond motifs is 1. The first-order valence-electron chi connectivity index (χ1n) is 6.09. The average Bonchev–Trinajstić information content (AvgIpc) is 2.75. The summed E-state index contributed by atoms with van der Waals surface area (Å²) in [7, 11) is 0. The molecule has 2 aromatic heterocycles. The standard InChI is InChI=1S/C13H14BrN3O/c14-8-6-11-13(16-7-8)10(4-5-15-11)17-9-2-1-3-12(9)18/h4-7,9,12,18H,1-3H2,(H,15,17)/t9-,12-/m1/s1. The number of aliphatic hydroxyl groups excluding tert-OH is 1. The first-order valence-corrected chi connectivity index (χ1v) is 6.88. The van der Waals surface area contributed by atoms with Gasteiger partial charge in [0.05, 0.1) is 23.3 Å². The van der Waals surface area contributed by atoms with Crippen LogP contribution in [0.4, 0.5) is 5.69 Å². The van der Waals surface area contributed by atoms with Crippen LogP contribution in [0.1, 0.15) is 19.3 Å². The number of nitrogens with one attached hydrogen (secondary N) is 1. The lowest BCUT2D eigenvalue weighted by Gasteiger charge is -2.18. The molecule has 18 heavy (non-hydrogen) atoms. The normalized spacial score (nSPS) is 23.4. The molecular formula is C13H14BrN3O. The van der Waals surface area contributed by atoms with Gasteiger partial charge in [0.2, 0.25) is 0 Å². The zero-order valence-corrected chi connectivity index (χ0v) is 11.4. The van der Waals surface area contributed by atoms with Gasteiger partial charge in [0, 0.05) is 16.9 Å². The summed E-state index contributed by atoms with van der Waals surface area (Å²) in [5, 5.41) is 13.2. The van der Waals surface area contributed by atoms with Crippen molar-refractivity contribution in [3.63, 3.8) is 0 Å². The number of rotatable bonds is 2. The van der Waals surface area contributed by atoms with Crippen LogP contribution in [-0.2, 0) is 0 Å². The lowest BCUT2D eigenvalue weighted by Crippen LogP contribution is -2.28. The van der Waals surface area contributed by atoms with Gasteiger partial charge in [-0.3, -0.25) is 9.97 Å². The van der Waals surface area contributed by atoms with E-state index in [1.807, 2.05) is 12.1 Å². The first kappa shape index (κ1) is 11.9. The zero-order valence-electron chi connectivity index (χ0n) is 9.81. The predicted octanol–water partition coefficient (Wildman–Crippen LogP) is 2.72. The molecule has 0 aromatic carbocycles. The number of nitrogens with zero attached hydrogens (tertiary/aromatic N) is 2. The quantitative estimate of drug-likeness (QED) is 0.895. The van der Waals surface area contributed by atoms with Crippen LogP contribution >= 0.6 is 15.9 Å². The first-order chi connectivity index (χ1) is 8.74. The number of hydrogen-bond acceptors (Lipinski definition) is 4. The van der Waals surface area contributed by atoms with Gasteiger partial charge < -0.3 is 10.4 Å². The molecule has 0 saturated heterocycles. The van der Waals surface area contributed by atoms with Crippen molar-refractivity contribution >= 4 is 32.7 Å². The highest BCUT2D eigenvalue weighted by Crippen LogP contribution is 2.27. The van der Waals surface area contributed by atoms with Gasteiger partial charge in [-0.2, -0.15) is 0 Å². The van der Waals surface area contributed by atoms with Gasteiger partial charge in [0.15, 0.2) is 0 Å². The Balaban J connectivity index is 1.96. The van der Waals surface area contributed by atoms with Crippen molar-refractivity contribution in [2.75, 3.05) is 5.32 Å². The van der Waals surface area contributed by atoms with Gasteiger partial charge in [-0.05, 0) is 47.3 Å². The van der Waals surface area contributed by atoms with Gasteiger partial charge in [-0.15, -0.1) is 0 Å². The fraction of sp³-hybridized carbons (Fsp3) is 0.385. The molecule has 1 aliphatic rings. The maximum absolute atomic E-state index is 9.86. The number of anilines is 1. The van der Waals surface area contributed by atoms with Crippen LogP contribution in [-0.4, -0.2) is 27.2 Å². The molecule has 94 valence electrons. The van der Waals surface area contributed by atoms with Crippen molar-refractivity contribution in [3.05, 3.63) is 29.0 Å². The van der Waals surface area contributed by atoms with E-state index >= 15 is 0 Å². The summed E-state index contributed by atoms with van der Waals surface area (Å²) in [6.07, 6.45) is 6.21. The molecule has 0 radical (unpaired) electrons. The Hall–Kier alpha value is -1.20. The van der Waals surface area contributed by atoms with E-state index in [1.54, 1.807) is 12.4 Å². The molecule has 2 aromatic rings. The van der Waals surface area contributed by atoms with Gasteiger partial charge in [-0.1, -0.05) is 0 Å². The van der Waals surface area contributed by atoms with E-state index in [-0.39, 0.29) is 12.1 Å². The number of aromatic nitrogens is 2. The van der Waals surface area contributed by atoms with Gasteiger partial charge in [0.1, 0.15) is 5.52 Å². The highest BCUT2D eigenvalue weighted by Gasteiger charge is 2.25. The smallest absolute Gasteiger partial charge is 0.112 e. The van der Waals surface area contributed by atoms with Crippen molar-refractivity contribution in [1.82, 2.24) is 9.97 Å². The molecule has 2 N–H and O–H groups in total. The minimum Gasteiger partial charge on any atom is -0.391 e. The Kier molecular flexibility index (Phi) is 3.18. The van der Waals surface area contributed by atoms with Gasteiger partial charge in [0.25, 0.3) is 0 Å². The second kappa shape index (κ2) is 4.82. The summed E-state index contributed by atoms with van der Waals surface area (Å²) < 4.78 is 0.917. The molecule has 1 saturated carbocycles. The summed E-state index contributed by atoms with van der Waals surface area (Å²) in [4.78, 5) is 8.70. The summed E-state index contributed by atoms with van der Waals surface area (Å²) in [6.45, 7) is 0. The van der Waals surface area contributed by atoms with E-state index in [0.717, 1.165) is 40.5 Å². The fourth-order valence-electron chi connectivity index (χ4n) is 2.43. The van der Waals surface area contributed by atoms with E-state index in [2.05, 4.69) is 31.2 Å². The molecule has 0 spiro atoms. The van der Waals surface area contributed by atoms with Crippen molar-refractivity contribution in [2.45, 2.75) is 31.4 Å².